The third kappa shape index (κ3) is 3.42. The lowest BCUT2D eigenvalue weighted by molar-refractivity contribution is 0.0784. The summed E-state index contributed by atoms with van der Waals surface area (Å²) in [5.74, 6) is -0.732. The van der Waals surface area contributed by atoms with Crippen LogP contribution in [0, 0.1) is 12.7 Å². The van der Waals surface area contributed by atoms with E-state index < -0.39 is 5.82 Å². The molecule has 0 aliphatic heterocycles. The fourth-order valence-corrected chi connectivity index (χ4v) is 2.41. The molecular formula is C16H16BrFN2O. The lowest BCUT2D eigenvalue weighted by Gasteiger charge is -2.19. The molecule has 110 valence electrons. The topological polar surface area (TPSA) is 46.3 Å². The van der Waals surface area contributed by atoms with Crippen molar-refractivity contribution in [3.8, 4) is 0 Å². The number of benzene rings is 2. The van der Waals surface area contributed by atoms with Crippen LogP contribution in [-0.4, -0.2) is 17.9 Å². The summed E-state index contributed by atoms with van der Waals surface area (Å²) in [7, 11) is 1.68. The second-order valence-corrected chi connectivity index (χ2v) is 5.78. The van der Waals surface area contributed by atoms with E-state index in [9.17, 15) is 9.18 Å². The monoisotopic (exact) mass is 350 g/mol. The van der Waals surface area contributed by atoms with Gasteiger partial charge in [-0.3, -0.25) is 4.79 Å². The largest absolute Gasteiger partial charge is 0.398 e. The summed E-state index contributed by atoms with van der Waals surface area (Å²) in [6, 6.07) is 10.4. The first kappa shape index (κ1) is 15.5. The van der Waals surface area contributed by atoms with E-state index in [1.54, 1.807) is 14.0 Å². The maximum atomic E-state index is 13.7. The molecule has 0 atom stereocenters. The van der Waals surface area contributed by atoms with Crippen LogP contribution in [0.25, 0.3) is 0 Å². The van der Waals surface area contributed by atoms with E-state index in [-0.39, 0.29) is 17.2 Å². The highest BCUT2D eigenvalue weighted by Gasteiger charge is 2.16. The highest BCUT2D eigenvalue weighted by atomic mass is 79.9. The first-order valence-electron chi connectivity index (χ1n) is 6.44. The highest BCUT2D eigenvalue weighted by Crippen LogP contribution is 2.21. The average Bonchev–Trinajstić information content (AvgIpc) is 2.45. The van der Waals surface area contributed by atoms with Crippen LogP contribution in [0.15, 0.2) is 40.9 Å². The summed E-state index contributed by atoms with van der Waals surface area (Å²) in [5, 5.41) is 0. The summed E-state index contributed by atoms with van der Waals surface area (Å²) in [4.78, 5) is 13.9. The molecule has 0 saturated heterocycles. The summed E-state index contributed by atoms with van der Waals surface area (Å²) < 4.78 is 14.6. The van der Waals surface area contributed by atoms with Crippen LogP contribution in [-0.2, 0) is 6.54 Å². The van der Waals surface area contributed by atoms with Crippen molar-refractivity contribution in [3.63, 3.8) is 0 Å². The van der Waals surface area contributed by atoms with E-state index in [2.05, 4.69) is 15.9 Å². The molecule has 0 heterocycles. The number of anilines is 1. The Bertz CT molecular complexity index is 665. The van der Waals surface area contributed by atoms with Crippen LogP contribution in [0.1, 0.15) is 21.5 Å². The Labute approximate surface area is 131 Å². The Kier molecular flexibility index (Phi) is 4.63. The Morgan fingerprint density at radius 2 is 2.00 bits per heavy atom. The molecule has 21 heavy (non-hydrogen) atoms. The molecule has 0 aliphatic rings. The molecule has 0 fully saturated rings. The van der Waals surface area contributed by atoms with Crippen LogP contribution < -0.4 is 5.73 Å². The molecule has 2 aromatic carbocycles. The third-order valence-electron chi connectivity index (χ3n) is 3.34. The lowest BCUT2D eigenvalue weighted by atomic mass is 10.1. The summed E-state index contributed by atoms with van der Waals surface area (Å²) in [5.41, 5.74) is 7.60. The number of carbonyl (C=O) groups is 1. The quantitative estimate of drug-likeness (QED) is 0.856. The number of nitrogens with zero attached hydrogens (tertiary/aromatic N) is 1. The zero-order chi connectivity index (χ0) is 15.6. The Morgan fingerprint density at radius 1 is 1.33 bits per heavy atom. The van der Waals surface area contributed by atoms with Gasteiger partial charge in [-0.25, -0.2) is 4.39 Å². The van der Waals surface area contributed by atoms with Gasteiger partial charge in [0, 0.05) is 34.9 Å². The maximum Gasteiger partial charge on any atom is 0.254 e. The first-order chi connectivity index (χ1) is 9.90. The number of halogens is 2. The van der Waals surface area contributed by atoms with Crippen molar-refractivity contribution in [2.45, 2.75) is 13.5 Å². The average molecular weight is 351 g/mol. The molecule has 0 unspecified atom stereocenters. The second-order valence-electron chi connectivity index (χ2n) is 4.92. The van der Waals surface area contributed by atoms with Gasteiger partial charge in [0.1, 0.15) is 5.82 Å². The summed E-state index contributed by atoms with van der Waals surface area (Å²) in [6.07, 6.45) is 0. The Morgan fingerprint density at radius 3 is 2.62 bits per heavy atom. The molecule has 5 heteroatoms. The Balaban J connectivity index is 2.22. The highest BCUT2D eigenvalue weighted by molar-refractivity contribution is 9.10. The maximum absolute atomic E-state index is 13.7. The number of hydrogen-bond donors (Lipinski definition) is 1. The van der Waals surface area contributed by atoms with Gasteiger partial charge in [0.2, 0.25) is 0 Å². The van der Waals surface area contributed by atoms with E-state index in [0.717, 1.165) is 10.0 Å². The van der Waals surface area contributed by atoms with E-state index >= 15 is 0 Å². The minimum atomic E-state index is -0.465. The lowest BCUT2D eigenvalue weighted by Crippen LogP contribution is -2.26. The molecule has 2 N–H and O–H groups in total. The minimum Gasteiger partial charge on any atom is -0.398 e. The van der Waals surface area contributed by atoms with Gasteiger partial charge in [-0.2, -0.15) is 0 Å². The SMILES string of the molecule is Cc1c(N)cc(C(=O)N(C)Cc2ccccc2Br)cc1F. The van der Waals surface area contributed by atoms with Crippen molar-refractivity contribution in [1.82, 2.24) is 4.90 Å². The van der Waals surface area contributed by atoms with Gasteiger partial charge in [-0.15, -0.1) is 0 Å². The van der Waals surface area contributed by atoms with Crippen molar-refractivity contribution < 1.29 is 9.18 Å². The predicted octanol–water partition coefficient (Wildman–Crippen LogP) is 3.75. The van der Waals surface area contributed by atoms with Crippen LogP contribution in [0.5, 0.6) is 0 Å². The number of rotatable bonds is 3. The molecule has 0 aromatic heterocycles. The number of carbonyl (C=O) groups excluding carboxylic acids is 1. The standard InChI is InChI=1S/C16H16BrFN2O/c1-10-14(18)7-12(8-15(10)19)16(21)20(2)9-11-5-3-4-6-13(11)17/h3-8H,9,19H2,1-2H3. The smallest absolute Gasteiger partial charge is 0.254 e. The van der Waals surface area contributed by atoms with E-state index in [0.29, 0.717) is 12.1 Å². The van der Waals surface area contributed by atoms with Gasteiger partial charge in [0.15, 0.2) is 0 Å². The van der Waals surface area contributed by atoms with Crippen LogP contribution in [0.4, 0.5) is 10.1 Å². The van der Waals surface area contributed by atoms with Crippen LogP contribution >= 0.6 is 15.9 Å². The molecule has 2 aromatic rings. The zero-order valence-corrected chi connectivity index (χ0v) is 13.4. The fourth-order valence-electron chi connectivity index (χ4n) is 2.00. The molecule has 1 amide bonds. The molecular weight excluding hydrogens is 335 g/mol. The normalized spacial score (nSPS) is 10.5. The van der Waals surface area contributed by atoms with Crippen LogP contribution in [0.2, 0.25) is 0 Å². The minimum absolute atomic E-state index is 0.255. The van der Waals surface area contributed by atoms with Gasteiger partial charge in [-0.1, -0.05) is 34.1 Å². The van der Waals surface area contributed by atoms with E-state index in [4.69, 9.17) is 5.73 Å². The van der Waals surface area contributed by atoms with Gasteiger partial charge >= 0.3 is 0 Å². The molecule has 0 aliphatic carbocycles. The first-order valence-corrected chi connectivity index (χ1v) is 7.24. The number of amides is 1. The summed E-state index contributed by atoms with van der Waals surface area (Å²) in [6.45, 7) is 2.01. The molecule has 0 saturated carbocycles. The summed E-state index contributed by atoms with van der Waals surface area (Å²) >= 11 is 3.44. The van der Waals surface area contributed by atoms with Gasteiger partial charge < -0.3 is 10.6 Å². The number of nitrogens with two attached hydrogens (primary N) is 1. The fraction of sp³-hybridized carbons (Fsp3) is 0.188. The number of nitrogen functional groups attached to an aromatic ring is 1. The molecule has 0 spiro atoms. The molecule has 3 nitrogen and oxygen atoms in total. The zero-order valence-electron chi connectivity index (χ0n) is 11.9. The van der Waals surface area contributed by atoms with Gasteiger partial charge in [-0.05, 0) is 30.7 Å². The number of hydrogen-bond acceptors (Lipinski definition) is 2. The van der Waals surface area contributed by atoms with E-state index in [1.807, 2.05) is 24.3 Å². The predicted molar refractivity (Wildman–Crippen MR) is 85.5 cm³/mol. The van der Waals surface area contributed by atoms with Crippen molar-refractivity contribution in [2.24, 2.45) is 0 Å². The second kappa shape index (κ2) is 6.26. The van der Waals surface area contributed by atoms with Crippen molar-refractivity contribution >= 4 is 27.5 Å². The Hall–Kier alpha value is -1.88. The molecule has 0 radical (unpaired) electrons. The molecule has 2 rings (SSSR count). The van der Waals surface area contributed by atoms with Gasteiger partial charge in [0.05, 0.1) is 0 Å². The van der Waals surface area contributed by atoms with Crippen molar-refractivity contribution in [2.75, 3.05) is 12.8 Å². The third-order valence-corrected chi connectivity index (χ3v) is 4.12. The van der Waals surface area contributed by atoms with E-state index in [1.165, 1.54) is 17.0 Å². The molecule has 0 bridgehead atoms. The van der Waals surface area contributed by atoms with Crippen LogP contribution in [0.3, 0.4) is 0 Å². The van der Waals surface area contributed by atoms with Crippen molar-refractivity contribution in [3.05, 3.63) is 63.4 Å². The van der Waals surface area contributed by atoms with Gasteiger partial charge in [0.25, 0.3) is 5.91 Å². The van der Waals surface area contributed by atoms with Crippen molar-refractivity contribution in [1.29, 1.82) is 0 Å².